The zero-order valence-corrected chi connectivity index (χ0v) is 17.2. The maximum absolute atomic E-state index is 14.8. The summed E-state index contributed by atoms with van der Waals surface area (Å²) in [6.45, 7) is 5.02. The first-order valence-corrected chi connectivity index (χ1v) is 10.1. The highest BCUT2D eigenvalue weighted by atomic mass is 19.4. The lowest BCUT2D eigenvalue weighted by atomic mass is 9.78. The topological polar surface area (TPSA) is 67.2 Å². The molecule has 5 nitrogen and oxygen atoms in total. The van der Waals surface area contributed by atoms with Crippen LogP contribution in [0.3, 0.4) is 0 Å². The van der Waals surface area contributed by atoms with Crippen LogP contribution in [0.25, 0.3) is 11.0 Å². The number of carbonyl (C=O) groups excluding carboxylic acids is 1. The number of benzene rings is 1. The van der Waals surface area contributed by atoms with E-state index in [0.29, 0.717) is 11.1 Å². The third-order valence-electron chi connectivity index (χ3n) is 6.60. The Balaban J connectivity index is 1.75. The van der Waals surface area contributed by atoms with Crippen molar-refractivity contribution in [2.45, 2.75) is 76.6 Å². The van der Waals surface area contributed by atoms with Crippen LogP contribution in [0.4, 0.5) is 23.5 Å². The second-order valence-electron chi connectivity index (χ2n) is 9.51. The van der Waals surface area contributed by atoms with Gasteiger partial charge in [-0.15, -0.1) is 0 Å². The largest absolute Gasteiger partial charge is 0.395 e. The first kappa shape index (κ1) is 21.1. The molecular formula is C21H25F4N3O2. The number of hydrogen-bond acceptors (Lipinski definition) is 3. The van der Waals surface area contributed by atoms with E-state index < -0.39 is 40.9 Å². The molecule has 164 valence electrons. The molecule has 0 radical (unpaired) electrons. The molecule has 1 amide bonds. The van der Waals surface area contributed by atoms with Gasteiger partial charge in [-0.05, 0) is 70.6 Å². The van der Waals surface area contributed by atoms with Gasteiger partial charge in [-0.3, -0.25) is 10.1 Å². The summed E-state index contributed by atoms with van der Waals surface area (Å²) in [4.78, 5) is 16.7. The fourth-order valence-electron chi connectivity index (χ4n) is 4.22. The van der Waals surface area contributed by atoms with E-state index in [4.69, 9.17) is 0 Å². The average Bonchev–Trinajstić information content (AvgIpc) is 3.26. The van der Waals surface area contributed by atoms with Crippen LogP contribution >= 0.6 is 0 Å². The zero-order valence-electron chi connectivity index (χ0n) is 17.2. The molecule has 1 heterocycles. The van der Waals surface area contributed by atoms with E-state index in [1.54, 1.807) is 10.6 Å². The van der Waals surface area contributed by atoms with Crippen molar-refractivity contribution in [1.29, 1.82) is 0 Å². The maximum atomic E-state index is 14.8. The van der Waals surface area contributed by atoms with Gasteiger partial charge in [-0.2, -0.15) is 13.2 Å². The SMILES string of the molecule is CC(C)(O)c1cc(F)c2nc(NC(=O)CC3(C(F)(F)F)CC3)n(C3(C)CCC3)c2c1. The van der Waals surface area contributed by atoms with Crippen LogP contribution in [0.5, 0.6) is 0 Å². The molecule has 0 atom stereocenters. The molecule has 0 saturated heterocycles. The van der Waals surface area contributed by atoms with Gasteiger partial charge in [0.1, 0.15) is 5.52 Å². The lowest BCUT2D eigenvalue weighted by Crippen LogP contribution is -2.39. The number of rotatable bonds is 5. The molecule has 2 N–H and O–H groups in total. The minimum atomic E-state index is -4.43. The van der Waals surface area contributed by atoms with E-state index in [2.05, 4.69) is 10.3 Å². The first-order valence-electron chi connectivity index (χ1n) is 10.1. The standard InChI is InChI=1S/C21H25F4N3O2/c1-18(2,30)12-9-13(22)16-14(10-12)28(19(3)5-4-6-19)17(27-16)26-15(29)11-20(7-8-20)21(23,24)25/h9-10,30H,4-8,11H2,1-3H3,(H,26,27,29). The fraction of sp³-hybridized carbons (Fsp3) is 0.619. The number of hydrogen-bond donors (Lipinski definition) is 2. The summed E-state index contributed by atoms with van der Waals surface area (Å²) >= 11 is 0. The smallest absolute Gasteiger partial charge is 0.386 e. The number of alkyl halides is 3. The summed E-state index contributed by atoms with van der Waals surface area (Å²) in [7, 11) is 0. The number of nitrogens with zero attached hydrogens (tertiary/aromatic N) is 2. The lowest BCUT2D eigenvalue weighted by Gasteiger charge is -2.41. The highest BCUT2D eigenvalue weighted by molar-refractivity contribution is 5.92. The predicted octanol–water partition coefficient (Wildman–Crippen LogP) is 4.97. The molecule has 4 rings (SSSR count). The van der Waals surface area contributed by atoms with E-state index in [1.807, 2.05) is 6.92 Å². The Morgan fingerprint density at radius 3 is 2.33 bits per heavy atom. The van der Waals surface area contributed by atoms with Crippen molar-refractivity contribution in [2.24, 2.45) is 5.41 Å². The molecule has 0 spiro atoms. The second-order valence-corrected chi connectivity index (χ2v) is 9.51. The molecule has 30 heavy (non-hydrogen) atoms. The van der Waals surface area contributed by atoms with Crippen molar-refractivity contribution in [3.05, 3.63) is 23.5 Å². The Hall–Kier alpha value is -2.16. The van der Waals surface area contributed by atoms with Gasteiger partial charge in [0, 0.05) is 12.0 Å². The molecule has 9 heteroatoms. The molecular weight excluding hydrogens is 402 g/mol. The molecule has 2 saturated carbocycles. The number of anilines is 1. The van der Waals surface area contributed by atoms with Crippen LogP contribution in [0.2, 0.25) is 0 Å². The Bertz CT molecular complexity index is 1010. The number of halogens is 4. The monoisotopic (exact) mass is 427 g/mol. The van der Waals surface area contributed by atoms with Gasteiger partial charge in [0.25, 0.3) is 0 Å². The molecule has 0 bridgehead atoms. The number of aliphatic hydroxyl groups is 1. The second kappa shape index (κ2) is 6.42. The minimum absolute atomic E-state index is 0.0170. The Labute approximate surface area is 171 Å². The summed E-state index contributed by atoms with van der Waals surface area (Å²) < 4.78 is 56.2. The molecule has 0 aliphatic heterocycles. The summed E-state index contributed by atoms with van der Waals surface area (Å²) in [6, 6.07) is 2.82. The highest BCUT2D eigenvalue weighted by Gasteiger charge is 2.63. The van der Waals surface area contributed by atoms with Crippen LogP contribution in [0, 0.1) is 11.2 Å². The predicted molar refractivity (Wildman–Crippen MR) is 103 cm³/mol. The normalized spacial score (nSPS) is 20.1. The number of imidazole rings is 1. The van der Waals surface area contributed by atoms with E-state index in [1.165, 1.54) is 19.9 Å². The molecule has 1 aromatic heterocycles. The van der Waals surface area contributed by atoms with E-state index in [0.717, 1.165) is 19.3 Å². The molecule has 2 fully saturated rings. The third-order valence-corrected chi connectivity index (χ3v) is 6.60. The summed E-state index contributed by atoms with van der Waals surface area (Å²) in [5.41, 5.74) is -2.93. The molecule has 2 aliphatic rings. The number of aromatic nitrogens is 2. The quantitative estimate of drug-likeness (QED) is 0.662. The number of amides is 1. The first-order chi connectivity index (χ1) is 13.8. The van der Waals surface area contributed by atoms with Crippen molar-refractivity contribution in [3.63, 3.8) is 0 Å². The summed E-state index contributed by atoms with van der Waals surface area (Å²) in [6.07, 6.45) is -2.77. The van der Waals surface area contributed by atoms with Gasteiger partial charge >= 0.3 is 6.18 Å². The molecule has 2 aliphatic carbocycles. The number of nitrogens with one attached hydrogen (secondary N) is 1. The van der Waals surface area contributed by atoms with Crippen LogP contribution < -0.4 is 5.32 Å². The number of fused-ring (bicyclic) bond motifs is 1. The van der Waals surface area contributed by atoms with E-state index in [-0.39, 0.29) is 24.3 Å². The van der Waals surface area contributed by atoms with Crippen LogP contribution in [-0.4, -0.2) is 26.7 Å². The lowest BCUT2D eigenvalue weighted by molar-refractivity contribution is -0.189. The van der Waals surface area contributed by atoms with Crippen molar-refractivity contribution < 1.29 is 27.5 Å². The van der Waals surface area contributed by atoms with Gasteiger partial charge < -0.3 is 9.67 Å². The van der Waals surface area contributed by atoms with Gasteiger partial charge in [0.15, 0.2) is 5.82 Å². The number of carbonyl (C=O) groups is 1. The molecule has 0 unspecified atom stereocenters. The van der Waals surface area contributed by atoms with Crippen molar-refractivity contribution in [3.8, 4) is 0 Å². The van der Waals surface area contributed by atoms with Crippen LogP contribution in [-0.2, 0) is 15.9 Å². The molecule has 1 aromatic carbocycles. The summed E-state index contributed by atoms with van der Waals surface area (Å²) in [5.74, 6) is -1.40. The van der Waals surface area contributed by atoms with Crippen molar-refractivity contribution >= 4 is 22.9 Å². The Morgan fingerprint density at radius 2 is 1.87 bits per heavy atom. The van der Waals surface area contributed by atoms with Gasteiger partial charge in [0.2, 0.25) is 11.9 Å². The van der Waals surface area contributed by atoms with Crippen LogP contribution in [0.15, 0.2) is 12.1 Å². The van der Waals surface area contributed by atoms with Crippen LogP contribution in [0.1, 0.15) is 64.9 Å². The van der Waals surface area contributed by atoms with Gasteiger partial charge in [-0.25, -0.2) is 9.37 Å². The third kappa shape index (κ3) is 3.36. The van der Waals surface area contributed by atoms with E-state index >= 15 is 0 Å². The van der Waals surface area contributed by atoms with Crippen molar-refractivity contribution in [1.82, 2.24) is 9.55 Å². The summed E-state index contributed by atoms with van der Waals surface area (Å²) in [5, 5.41) is 12.8. The fourth-order valence-corrected chi connectivity index (χ4v) is 4.22. The average molecular weight is 427 g/mol. The van der Waals surface area contributed by atoms with E-state index in [9.17, 15) is 27.5 Å². The Kier molecular flexibility index (Phi) is 4.51. The van der Waals surface area contributed by atoms with Gasteiger partial charge in [-0.1, -0.05) is 0 Å². The highest BCUT2D eigenvalue weighted by Crippen LogP contribution is 2.60. The maximum Gasteiger partial charge on any atom is 0.395 e. The molecule has 2 aromatic rings. The Morgan fingerprint density at radius 1 is 1.23 bits per heavy atom. The minimum Gasteiger partial charge on any atom is -0.386 e. The van der Waals surface area contributed by atoms with Crippen molar-refractivity contribution in [2.75, 3.05) is 5.32 Å². The zero-order chi connectivity index (χ0) is 22.1. The van der Waals surface area contributed by atoms with Gasteiger partial charge in [0.05, 0.1) is 16.5 Å².